The summed E-state index contributed by atoms with van der Waals surface area (Å²) in [4.78, 5) is 4.14. The molecule has 0 saturated heterocycles. The first-order chi connectivity index (χ1) is 4.97. The standard InChI is InChI=1S/C7H7N3/c1-3-7-8-4-2-5-9-10(7)6-1/h1-6,9H. The molecule has 0 aliphatic carbocycles. The summed E-state index contributed by atoms with van der Waals surface area (Å²) in [5.74, 6) is 0.921. The van der Waals surface area contributed by atoms with Crippen LogP contribution in [0.4, 0.5) is 5.82 Å². The van der Waals surface area contributed by atoms with Gasteiger partial charge in [-0.05, 0) is 18.2 Å². The van der Waals surface area contributed by atoms with Gasteiger partial charge in [0, 0.05) is 18.6 Å². The largest absolute Gasteiger partial charge is 0.300 e. The zero-order valence-corrected chi connectivity index (χ0v) is 5.36. The molecule has 0 fully saturated rings. The number of nitrogens with one attached hydrogen (secondary N) is 1. The normalized spacial score (nSPS) is 14.0. The molecule has 1 aliphatic rings. The molecular formula is C7H7N3. The van der Waals surface area contributed by atoms with Gasteiger partial charge < -0.3 is 5.43 Å². The van der Waals surface area contributed by atoms with Gasteiger partial charge in [0.25, 0.3) is 0 Å². The molecule has 0 unspecified atom stereocenters. The highest BCUT2D eigenvalue weighted by Gasteiger charge is 1.95. The lowest BCUT2D eigenvalue weighted by molar-refractivity contribution is 0.968. The van der Waals surface area contributed by atoms with E-state index in [2.05, 4.69) is 10.4 Å². The molecule has 0 atom stereocenters. The second-order valence-electron chi connectivity index (χ2n) is 2.00. The van der Waals surface area contributed by atoms with E-state index in [-0.39, 0.29) is 0 Å². The second-order valence-corrected chi connectivity index (χ2v) is 2.00. The first-order valence-electron chi connectivity index (χ1n) is 3.10. The van der Waals surface area contributed by atoms with Crippen LogP contribution in [0.3, 0.4) is 0 Å². The van der Waals surface area contributed by atoms with E-state index in [0.29, 0.717) is 0 Å². The molecule has 3 nitrogen and oxygen atoms in total. The molecule has 50 valence electrons. The van der Waals surface area contributed by atoms with Crippen molar-refractivity contribution in [1.29, 1.82) is 0 Å². The van der Waals surface area contributed by atoms with Gasteiger partial charge in [0.1, 0.15) is 0 Å². The molecule has 1 N–H and O–H groups in total. The Labute approximate surface area is 58.7 Å². The van der Waals surface area contributed by atoms with Crippen molar-refractivity contribution in [2.24, 2.45) is 4.99 Å². The van der Waals surface area contributed by atoms with Crippen LogP contribution < -0.4 is 5.43 Å². The van der Waals surface area contributed by atoms with Crippen LogP contribution in [0.15, 0.2) is 35.6 Å². The van der Waals surface area contributed by atoms with Crippen molar-refractivity contribution in [3.63, 3.8) is 0 Å². The van der Waals surface area contributed by atoms with E-state index in [0.717, 1.165) is 5.82 Å². The lowest BCUT2D eigenvalue weighted by Crippen LogP contribution is -2.03. The van der Waals surface area contributed by atoms with Crippen molar-refractivity contribution in [1.82, 2.24) is 4.68 Å². The van der Waals surface area contributed by atoms with E-state index < -0.39 is 0 Å². The number of aliphatic imine (C=N–C) groups is 1. The summed E-state index contributed by atoms with van der Waals surface area (Å²) in [6.45, 7) is 0. The molecule has 0 bridgehead atoms. The van der Waals surface area contributed by atoms with Crippen LogP contribution >= 0.6 is 0 Å². The Morgan fingerprint density at radius 1 is 1.50 bits per heavy atom. The third-order valence-corrected chi connectivity index (χ3v) is 1.33. The van der Waals surface area contributed by atoms with E-state index in [1.54, 1.807) is 6.21 Å². The van der Waals surface area contributed by atoms with Crippen molar-refractivity contribution < 1.29 is 0 Å². The molecule has 1 aromatic heterocycles. The SMILES string of the molecule is C1=CNn2cccc2N=C1. The van der Waals surface area contributed by atoms with E-state index in [4.69, 9.17) is 0 Å². The van der Waals surface area contributed by atoms with Gasteiger partial charge in [0.2, 0.25) is 0 Å². The quantitative estimate of drug-likeness (QED) is 0.567. The average molecular weight is 133 g/mol. The molecule has 2 rings (SSSR count). The van der Waals surface area contributed by atoms with Gasteiger partial charge in [-0.2, -0.15) is 0 Å². The molecule has 3 heteroatoms. The maximum atomic E-state index is 4.14. The van der Waals surface area contributed by atoms with Crippen molar-refractivity contribution >= 4 is 12.0 Å². The summed E-state index contributed by atoms with van der Waals surface area (Å²) < 4.78 is 1.85. The molecule has 0 saturated carbocycles. The smallest absolute Gasteiger partial charge is 0.151 e. The third-order valence-electron chi connectivity index (χ3n) is 1.33. The highest BCUT2D eigenvalue weighted by atomic mass is 15.4. The molecule has 0 spiro atoms. The maximum Gasteiger partial charge on any atom is 0.151 e. The number of rotatable bonds is 0. The monoisotopic (exact) mass is 133 g/mol. The summed E-state index contributed by atoms with van der Waals surface area (Å²) in [7, 11) is 0. The van der Waals surface area contributed by atoms with E-state index in [1.807, 2.05) is 35.3 Å². The predicted octanol–water partition coefficient (Wildman–Crippen LogP) is 1.26. The lowest BCUT2D eigenvalue weighted by Gasteiger charge is -2.00. The van der Waals surface area contributed by atoms with Crippen LogP contribution in [0.25, 0.3) is 0 Å². The molecule has 2 heterocycles. The summed E-state index contributed by atoms with van der Waals surface area (Å²) in [6.07, 6.45) is 7.36. The van der Waals surface area contributed by atoms with Crippen molar-refractivity contribution in [2.45, 2.75) is 0 Å². The van der Waals surface area contributed by atoms with Gasteiger partial charge in [-0.25, -0.2) is 9.67 Å². The van der Waals surface area contributed by atoms with Crippen LogP contribution in [0.2, 0.25) is 0 Å². The predicted molar refractivity (Wildman–Crippen MR) is 41.1 cm³/mol. The van der Waals surface area contributed by atoms with E-state index >= 15 is 0 Å². The minimum absolute atomic E-state index is 0.921. The zero-order valence-electron chi connectivity index (χ0n) is 5.36. The van der Waals surface area contributed by atoms with Gasteiger partial charge in [-0.15, -0.1) is 0 Å². The summed E-state index contributed by atoms with van der Waals surface area (Å²) >= 11 is 0. The van der Waals surface area contributed by atoms with E-state index in [1.165, 1.54) is 0 Å². The van der Waals surface area contributed by atoms with Crippen LogP contribution in [0.5, 0.6) is 0 Å². The number of fused-ring (bicyclic) bond motifs is 1. The van der Waals surface area contributed by atoms with Crippen molar-refractivity contribution in [3.8, 4) is 0 Å². The van der Waals surface area contributed by atoms with Crippen LogP contribution in [0.1, 0.15) is 0 Å². The Hall–Kier alpha value is -1.51. The lowest BCUT2D eigenvalue weighted by atomic mass is 10.6. The van der Waals surface area contributed by atoms with Gasteiger partial charge in [-0.3, -0.25) is 0 Å². The summed E-state index contributed by atoms with van der Waals surface area (Å²) in [6, 6.07) is 3.88. The Balaban J connectivity index is 2.50. The highest BCUT2D eigenvalue weighted by Crippen LogP contribution is 2.11. The fraction of sp³-hybridized carbons (Fsp3) is 0. The fourth-order valence-electron chi connectivity index (χ4n) is 0.872. The molecule has 0 radical (unpaired) electrons. The fourth-order valence-corrected chi connectivity index (χ4v) is 0.872. The number of allylic oxidation sites excluding steroid dienone is 1. The van der Waals surface area contributed by atoms with Crippen LogP contribution in [-0.2, 0) is 0 Å². The van der Waals surface area contributed by atoms with Crippen LogP contribution in [0, 0.1) is 0 Å². The molecule has 0 aromatic carbocycles. The minimum atomic E-state index is 0.921. The topological polar surface area (TPSA) is 29.3 Å². The second kappa shape index (κ2) is 2.02. The molecule has 1 aliphatic heterocycles. The van der Waals surface area contributed by atoms with Gasteiger partial charge in [0.05, 0.1) is 0 Å². The summed E-state index contributed by atoms with van der Waals surface area (Å²) in [5.41, 5.74) is 3.02. The Kier molecular flexibility index (Phi) is 1.07. The van der Waals surface area contributed by atoms with Crippen molar-refractivity contribution in [2.75, 3.05) is 5.43 Å². The molecule has 0 amide bonds. The number of aromatic nitrogens is 1. The Morgan fingerprint density at radius 3 is 3.50 bits per heavy atom. The molecule has 10 heavy (non-hydrogen) atoms. The van der Waals surface area contributed by atoms with Gasteiger partial charge >= 0.3 is 0 Å². The first-order valence-corrected chi connectivity index (χ1v) is 3.10. The first kappa shape index (κ1) is 5.29. The Morgan fingerprint density at radius 2 is 2.50 bits per heavy atom. The number of hydrogen-bond donors (Lipinski definition) is 1. The summed E-state index contributed by atoms with van der Waals surface area (Å²) in [5, 5.41) is 0. The average Bonchev–Trinajstić information content (AvgIpc) is 2.28. The zero-order chi connectivity index (χ0) is 6.81. The number of hydrogen-bond acceptors (Lipinski definition) is 2. The van der Waals surface area contributed by atoms with Crippen LogP contribution in [-0.4, -0.2) is 10.9 Å². The van der Waals surface area contributed by atoms with Gasteiger partial charge in [0.15, 0.2) is 5.82 Å². The van der Waals surface area contributed by atoms with Gasteiger partial charge in [-0.1, -0.05) is 0 Å². The van der Waals surface area contributed by atoms with Crippen molar-refractivity contribution in [3.05, 3.63) is 30.6 Å². The minimum Gasteiger partial charge on any atom is -0.300 e. The highest BCUT2D eigenvalue weighted by molar-refractivity contribution is 5.74. The Bertz CT molecular complexity index is 283. The van der Waals surface area contributed by atoms with E-state index in [9.17, 15) is 0 Å². The third kappa shape index (κ3) is 0.719. The number of nitrogens with zero attached hydrogens (tertiary/aromatic N) is 2. The maximum absolute atomic E-state index is 4.14. The molecular weight excluding hydrogens is 126 g/mol. The molecule has 1 aromatic rings.